The highest BCUT2D eigenvalue weighted by Crippen LogP contribution is 2.00. The van der Waals surface area contributed by atoms with Crippen LogP contribution in [0.25, 0.3) is 0 Å². The van der Waals surface area contributed by atoms with E-state index >= 15 is 0 Å². The highest BCUT2D eigenvalue weighted by molar-refractivity contribution is 7.81. The van der Waals surface area contributed by atoms with Gasteiger partial charge in [0.25, 0.3) is 0 Å². The van der Waals surface area contributed by atoms with Gasteiger partial charge in [-0.3, -0.25) is 5.41 Å². The van der Waals surface area contributed by atoms with Gasteiger partial charge in [-0.25, -0.2) is 0 Å². The summed E-state index contributed by atoms with van der Waals surface area (Å²) in [5, 5.41) is 15.4. The number of hydrogen-bond acceptors (Lipinski definition) is 4. The first-order valence-corrected chi connectivity index (χ1v) is 3.85. The molecule has 0 radical (unpaired) electrons. The van der Waals surface area contributed by atoms with Crippen LogP contribution in [0.3, 0.4) is 0 Å². The zero-order valence-electron chi connectivity index (χ0n) is 6.50. The first-order valence-electron chi connectivity index (χ1n) is 3.04. The average Bonchev–Trinajstić information content (AvgIpc) is 2.05. The summed E-state index contributed by atoms with van der Waals surface area (Å²) in [4.78, 5) is -0.0921. The molecule has 0 aliphatic heterocycles. The topological polar surface area (TPSA) is 99.7 Å². The Kier molecular flexibility index (Phi) is 4.55. The van der Waals surface area contributed by atoms with E-state index in [-0.39, 0.29) is 21.1 Å². The second-order valence-corrected chi connectivity index (χ2v) is 2.82. The van der Waals surface area contributed by atoms with Crippen molar-refractivity contribution in [1.82, 2.24) is 0 Å². The van der Waals surface area contributed by atoms with Crippen LogP contribution in [0.2, 0.25) is 0 Å². The van der Waals surface area contributed by atoms with Crippen LogP contribution in [0, 0.1) is 16.7 Å². The molecule has 0 unspecified atom stereocenters. The monoisotopic (exact) mass is 210 g/mol. The Hall–Kier alpha value is -1.54. The second kappa shape index (κ2) is 5.17. The van der Waals surface area contributed by atoms with E-state index in [4.69, 9.17) is 22.1 Å². The van der Waals surface area contributed by atoms with Gasteiger partial charge in [-0.2, -0.15) is 5.26 Å². The van der Waals surface area contributed by atoms with Gasteiger partial charge >= 0.3 is 0 Å². The number of nitrogens with two attached hydrogens (primary N) is 2. The molecule has 0 heterocycles. The van der Waals surface area contributed by atoms with Crippen LogP contribution >= 0.6 is 24.4 Å². The van der Waals surface area contributed by atoms with Crippen LogP contribution in [0.15, 0.2) is 17.2 Å². The largest absolute Gasteiger partial charge is 0.389 e. The molecule has 4 nitrogen and oxygen atoms in total. The van der Waals surface area contributed by atoms with Crippen LogP contribution in [0.1, 0.15) is 0 Å². The molecule has 0 saturated heterocycles. The highest BCUT2D eigenvalue weighted by Gasteiger charge is 2.02. The van der Waals surface area contributed by atoms with Crippen molar-refractivity contribution in [2.45, 2.75) is 0 Å². The van der Waals surface area contributed by atoms with E-state index in [1.54, 1.807) is 6.07 Å². The summed E-state index contributed by atoms with van der Waals surface area (Å²) in [6.07, 6.45) is 1.23. The van der Waals surface area contributed by atoms with Gasteiger partial charge < -0.3 is 11.5 Å². The summed E-state index contributed by atoms with van der Waals surface area (Å²) in [7, 11) is 0. The second-order valence-electron chi connectivity index (χ2n) is 1.94. The van der Waals surface area contributed by atoms with E-state index in [9.17, 15) is 0 Å². The molecule has 0 aromatic heterocycles. The first kappa shape index (κ1) is 11.5. The minimum Gasteiger partial charge on any atom is -0.389 e. The van der Waals surface area contributed by atoms with Gasteiger partial charge in [0, 0.05) is 0 Å². The molecule has 0 aromatic rings. The number of rotatable bonds is 3. The summed E-state index contributed by atoms with van der Waals surface area (Å²) >= 11 is 9.16. The molecule has 0 atom stereocenters. The highest BCUT2D eigenvalue weighted by atomic mass is 32.1. The Balaban J connectivity index is 5.14. The van der Waals surface area contributed by atoms with Crippen LogP contribution in [0.4, 0.5) is 0 Å². The van der Waals surface area contributed by atoms with Crippen molar-refractivity contribution in [2.75, 3.05) is 0 Å². The third-order valence-corrected chi connectivity index (χ3v) is 1.51. The summed E-state index contributed by atoms with van der Waals surface area (Å²) < 4.78 is 0. The summed E-state index contributed by atoms with van der Waals surface area (Å²) in [6.45, 7) is 0. The zero-order valence-corrected chi connectivity index (χ0v) is 8.13. The lowest BCUT2D eigenvalue weighted by molar-refractivity contribution is 1.50. The Morgan fingerprint density at radius 2 is 1.85 bits per heavy atom. The minimum atomic E-state index is -0.0634. The lowest BCUT2D eigenvalue weighted by Crippen LogP contribution is -2.14. The maximum Gasteiger partial charge on any atom is 0.114 e. The van der Waals surface area contributed by atoms with Crippen molar-refractivity contribution < 1.29 is 0 Å². The minimum absolute atomic E-state index is 0.0287. The van der Waals surface area contributed by atoms with Gasteiger partial charge in [0.1, 0.15) is 16.0 Å². The van der Waals surface area contributed by atoms with Crippen molar-refractivity contribution in [1.29, 1.82) is 10.7 Å². The first-order chi connectivity index (χ1) is 6.02. The fraction of sp³-hybridized carbons (Fsp3) is 0. The molecule has 13 heavy (non-hydrogen) atoms. The molecule has 6 heteroatoms. The Labute approximate surface area is 86.0 Å². The van der Waals surface area contributed by atoms with Crippen LogP contribution < -0.4 is 11.5 Å². The fourth-order valence-electron chi connectivity index (χ4n) is 0.472. The SMILES string of the molecule is N#C/C(=C\C(=C=N)C(N)=S)C(N)=S. The Morgan fingerprint density at radius 3 is 2.08 bits per heavy atom. The molecule has 0 aliphatic rings. The zero-order chi connectivity index (χ0) is 10.4. The predicted molar refractivity (Wildman–Crippen MR) is 58.5 cm³/mol. The molecule has 0 aliphatic carbocycles. The van der Waals surface area contributed by atoms with Crippen molar-refractivity contribution in [3.8, 4) is 6.07 Å². The third-order valence-electron chi connectivity index (χ3n) is 1.07. The lowest BCUT2D eigenvalue weighted by atomic mass is 10.2. The maximum atomic E-state index is 8.55. The number of hydrogen-bond donors (Lipinski definition) is 3. The van der Waals surface area contributed by atoms with E-state index in [2.05, 4.69) is 24.4 Å². The number of nitrogens with zero attached hydrogens (tertiary/aromatic N) is 1. The number of thiocarbonyl (C=S) groups is 2. The smallest absolute Gasteiger partial charge is 0.114 e. The molecule has 0 saturated carbocycles. The molecule has 0 fully saturated rings. The van der Waals surface area contributed by atoms with Gasteiger partial charge in [-0.05, 0) is 11.9 Å². The van der Waals surface area contributed by atoms with Crippen LogP contribution in [0.5, 0.6) is 0 Å². The van der Waals surface area contributed by atoms with E-state index in [0.29, 0.717) is 0 Å². The standard InChI is InChI=1S/C7H6N4S2/c8-2-4(6(10)12)1-5(3-9)7(11)13/h1,8H,(H2,10,12)(H2,11,13)/b5-1+. The normalized spacial score (nSPS) is 9.62. The van der Waals surface area contributed by atoms with Gasteiger partial charge in [-0.1, -0.05) is 24.4 Å². The maximum absolute atomic E-state index is 8.55. The fourth-order valence-corrected chi connectivity index (χ4v) is 0.686. The van der Waals surface area contributed by atoms with E-state index in [1.165, 1.54) is 6.08 Å². The van der Waals surface area contributed by atoms with Gasteiger partial charge in [0.2, 0.25) is 0 Å². The van der Waals surface area contributed by atoms with E-state index < -0.39 is 0 Å². The van der Waals surface area contributed by atoms with Crippen molar-refractivity contribution in [3.05, 3.63) is 17.2 Å². The molecule has 0 rings (SSSR count). The Bertz CT molecular complexity index is 368. The van der Waals surface area contributed by atoms with Crippen LogP contribution in [-0.4, -0.2) is 15.8 Å². The van der Waals surface area contributed by atoms with Gasteiger partial charge in [0.15, 0.2) is 0 Å². The molecule has 0 amide bonds. The third kappa shape index (κ3) is 3.58. The van der Waals surface area contributed by atoms with Crippen molar-refractivity contribution in [3.63, 3.8) is 0 Å². The molecule has 5 N–H and O–H groups in total. The van der Waals surface area contributed by atoms with Crippen LogP contribution in [-0.2, 0) is 0 Å². The Morgan fingerprint density at radius 1 is 1.31 bits per heavy atom. The van der Waals surface area contributed by atoms with E-state index in [0.717, 1.165) is 0 Å². The summed E-state index contributed by atoms with van der Waals surface area (Å²) in [5.74, 6) is 1.98. The van der Waals surface area contributed by atoms with Gasteiger partial charge in [0.05, 0.1) is 11.1 Å². The molecule has 0 aromatic carbocycles. The number of nitriles is 1. The molecule has 66 valence electrons. The lowest BCUT2D eigenvalue weighted by Gasteiger charge is -1.95. The quantitative estimate of drug-likeness (QED) is 0.203. The summed E-state index contributed by atoms with van der Waals surface area (Å²) in [6, 6.07) is 1.76. The van der Waals surface area contributed by atoms with E-state index in [1.807, 2.05) is 5.87 Å². The van der Waals surface area contributed by atoms with Crippen molar-refractivity contribution >= 4 is 40.3 Å². The predicted octanol–water partition coefficient (Wildman–Crippen LogP) is 0.183. The summed E-state index contributed by atoms with van der Waals surface area (Å²) in [5.41, 5.74) is 10.6. The number of nitrogens with one attached hydrogen (secondary N) is 1. The molecule has 0 spiro atoms. The molecular weight excluding hydrogens is 204 g/mol. The van der Waals surface area contributed by atoms with Crippen molar-refractivity contribution in [2.24, 2.45) is 11.5 Å². The molecular formula is C7H6N4S2. The average molecular weight is 210 g/mol. The van der Waals surface area contributed by atoms with Gasteiger partial charge in [-0.15, -0.1) is 0 Å². The molecule has 0 bridgehead atoms.